The van der Waals surface area contributed by atoms with Crippen molar-refractivity contribution < 1.29 is 97.3 Å². The molecule has 192 valence electrons. The van der Waals surface area contributed by atoms with Crippen LogP contribution < -0.4 is 69.0 Å². The standard InChI is InChI=1S/C22H16N3O6S2.2Na.O3S/c23-19-11-12-20(25-24-15-7-3-1-4-8-15)18-13-17(32(26,27)28)14-21(22(18)19)31-33(29,30)16-9-5-2-6-10-16;;;1-4(2)3/h1-7,9-14H,23H2,(H,26,27,28);;;/q-1;2*+1;/p-1. The van der Waals surface area contributed by atoms with E-state index >= 15 is 0 Å². The zero-order chi connectivity index (χ0) is 27.2. The molecule has 0 fully saturated rings. The van der Waals surface area contributed by atoms with Gasteiger partial charge in [-0.2, -0.15) is 42.9 Å². The van der Waals surface area contributed by atoms with Crippen LogP contribution in [0.15, 0.2) is 98.9 Å². The third-order valence-electron chi connectivity index (χ3n) is 4.54. The van der Waals surface area contributed by atoms with Gasteiger partial charge in [-0.1, -0.05) is 18.2 Å². The molecule has 0 saturated carbocycles. The fourth-order valence-electron chi connectivity index (χ4n) is 3.04. The van der Waals surface area contributed by atoms with Gasteiger partial charge in [0.2, 0.25) is 0 Å². The van der Waals surface area contributed by atoms with Gasteiger partial charge in [-0.25, -0.2) is 8.42 Å². The van der Waals surface area contributed by atoms with Crippen molar-refractivity contribution in [3.63, 3.8) is 0 Å². The maximum absolute atomic E-state index is 12.8. The Balaban J connectivity index is 0.00000119. The Bertz CT molecular complexity index is 1800. The van der Waals surface area contributed by atoms with E-state index < -0.39 is 41.5 Å². The normalized spacial score (nSPS) is 11.0. The van der Waals surface area contributed by atoms with Crippen LogP contribution in [0, 0.1) is 6.07 Å². The van der Waals surface area contributed by atoms with E-state index in [1.54, 1.807) is 30.3 Å². The molecule has 0 aliphatic heterocycles. The Hall–Kier alpha value is -2.18. The molecule has 4 aromatic carbocycles. The Labute approximate surface area is 269 Å². The van der Waals surface area contributed by atoms with Crippen molar-refractivity contribution in [2.45, 2.75) is 9.79 Å². The summed E-state index contributed by atoms with van der Waals surface area (Å²) in [4.78, 5) is -0.871. The summed E-state index contributed by atoms with van der Waals surface area (Å²) in [7, 11) is -12.5. The molecule has 0 bridgehead atoms. The fourth-order valence-corrected chi connectivity index (χ4v) is 4.50. The minimum absolute atomic E-state index is 0. The van der Waals surface area contributed by atoms with Crippen LogP contribution in [0.1, 0.15) is 0 Å². The van der Waals surface area contributed by atoms with Gasteiger partial charge in [-0.05, 0) is 36.0 Å². The fraction of sp³-hybridized carbons (Fsp3) is 0. The molecule has 0 atom stereocenters. The zero-order valence-corrected chi connectivity index (χ0v) is 26.8. The molecule has 2 N–H and O–H groups in total. The first kappa shape index (κ1) is 34.8. The van der Waals surface area contributed by atoms with Crippen LogP contribution in [0.5, 0.6) is 5.75 Å². The minimum Gasteiger partial charge on any atom is -0.744 e. The number of hydrogen-bond acceptors (Lipinski definition) is 12. The molecule has 0 aliphatic rings. The van der Waals surface area contributed by atoms with Crippen LogP contribution >= 0.6 is 0 Å². The second-order valence-corrected chi connectivity index (χ2v) is 10.3. The van der Waals surface area contributed by atoms with Gasteiger partial charge < -0.3 is 14.5 Å². The maximum Gasteiger partial charge on any atom is 1.00 e. The smallest absolute Gasteiger partial charge is 0.744 e. The minimum atomic E-state index is -4.98. The summed E-state index contributed by atoms with van der Waals surface area (Å²) in [5, 5.41) is 8.28. The van der Waals surface area contributed by atoms with Crippen LogP contribution in [-0.2, 0) is 30.8 Å². The monoisotopic (exact) mass is 607 g/mol. The van der Waals surface area contributed by atoms with E-state index in [-0.39, 0.29) is 86.2 Å². The van der Waals surface area contributed by atoms with Crippen molar-refractivity contribution in [2.75, 3.05) is 5.73 Å². The molecule has 12 nitrogen and oxygen atoms in total. The Morgan fingerprint density at radius 3 is 2.00 bits per heavy atom. The number of nitrogens with zero attached hydrogens (tertiary/aromatic N) is 2. The number of benzene rings is 4. The first-order chi connectivity index (χ1) is 17.4. The second-order valence-electron chi connectivity index (χ2n) is 6.97. The number of fused-ring (bicyclic) bond motifs is 1. The topological polar surface area (TPSA) is 203 Å². The summed E-state index contributed by atoms with van der Waals surface area (Å²) in [5.74, 6) is -0.424. The van der Waals surface area contributed by atoms with E-state index in [9.17, 15) is 21.4 Å². The molecular weight excluding hydrogens is 592 g/mol. The number of azo groups is 1. The molecule has 0 spiro atoms. The summed E-state index contributed by atoms with van der Waals surface area (Å²) in [5.41, 5.74) is 6.70. The molecule has 17 heteroatoms. The molecule has 0 aliphatic carbocycles. The Morgan fingerprint density at radius 2 is 1.44 bits per heavy atom. The van der Waals surface area contributed by atoms with Gasteiger partial charge in [0.1, 0.15) is 15.0 Å². The first-order valence-electron chi connectivity index (χ1n) is 9.85. The number of anilines is 1. The number of nitrogens with two attached hydrogens (primary N) is 1. The quantitative estimate of drug-likeness (QED) is 0.0601. The van der Waals surface area contributed by atoms with E-state index in [1.165, 1.54) is 36.4 Å². The van der Waals surface area contributed by atoms with E-state index in [2.05, 4.69) is 16.3 Å². The SMILES string of the molecule is Nc1ccc(N=Nc2[c-]cccc2)c2cc(S(=O)(=O)[O-])cc(OS(=O)(=O)c3ccccc3)c12.O=S(=O)=O.[Na+].[Na+]. The van der Waals surface area contributed by atoms with E-state index in [4.69, 9.17) is 22.5 Å². The average Bonchev–Trinajstić information content (AvgIpc) is 2.83. The van der Waals surface area contributed by atoms with Crippen molar-refractivity contribution in [3.05, 3.63) is 84.9 Å². The zero-order valence-electron chi connectivity index (χ0n) is 20.4. The van der Waals surface area contributed by atoms with Crippen molar-refractivity contribution in [1.29, 1.82) is 0 Å². The predicted octanol–water partition coefficient (Wildman–Crippen LogP) is -2.69. The van der Waals surface area contributed by atoms with Gasteiger partial charge >= 0.3 is 79.8 Å². The van der Waals surface area contributed by atoms with Gasteiger partial charge in [0.15, 0.2) is 5.75 Å². The summed E-state index contributed by atoms with van der Waals surface area (Å²) in [6.45, 7) is 0. The van der Waals surface area contributed by atoms with Crippen LogP contribution in [0.4, 0.5) is 17.1 Å². The van der Waals surface area contributed by atoms with Crippen molar-refractivity contribution in [3.8, 4) is 5.75 Å². The Kier molecular flexibility index (Phi) is 13.4. The summed E-state index contributed by atoms with van der Waals surface area (Å²) < 4.78 is 91.5. The largest absolute Gasteiger partial charge is 1.00 e. The van der Waals surface area contributed by atoms with Gasteiger partial charge in [0.25, 0.3) is 0 Å². The summed E-state index contributed by atoms with van der Waals surface area (Å²) >= 11 is 0. The van der Waals surface area contributed by atoms with Crippen LogP contribution in [0.3, 0.4) is 0 Å². The summed E-state index contributed by atoms with van der Waals surface area (Å²) in [6, 6.07) is 21.7. The van der Waals surface area contributed by atoms with E-state index in [0.29, 0.717) is 5.69 Å². The third-order valence-corrected chi connectivity index (χ3v) is 6.60. The maximum atomic E-state index is 12.8. The molecule has 4 rings (SSSR count). The molecule has 0 radical (unpaired) electrons. The third kappa shape index (κ3) is 9.75. The van der Waals surface area contributed by atoms with Crippen molar-refractivity contribution in [2.24, 2.45) is 10.2 Å². The van der Waals surface area contributed by atoms with Gasteiger partial charge in [-0.3, -0.25) is 0 Å². The summed E-state index contributed by atoms with van der Waals surface area (Å²) in [6.07, 6.45) is 0. The molecular formula is C22H15N3Na2O9S3. The van der Waals surface area contributed by atoms with Crippen molar-refractivity contribution in [1.82, 2.24) is 0 Å². The molecule has 39 heavy (non-hydrogen) atoms. The molecule has 4 aromatic rings. The molecule has 0 saturated heterocycles. The second kappa shape index (κ2) is 15.0. The average molecular weight is 608 g/mol. The van der Waals surface area contributed by atoms with Crippen molar-refractivity contribution >= 4 is 58.7 Å². The molecule has 0 heterocycles. The molecule has 0 amide bonds. The van der Waals surface area contributed by atoms with E-state index in [0.717, 1.165) is 12.1 Å². The number of rotatable bonds is 6. The van der Waals surface area contributed by atoms with Gasteiger partial charge in [-0.15, -0.1) is 18.7 Å². The van der Waals surface area contributed by atoms with Crippen LogP contribution in [0.25, 0.3) is 10.8 Å². The molecule has 0 aromatic heterocycles. The number of nitrogen functional groups attached to an aromatic ring is 1. The van der Waals surface area contributed by atoms with Gasteiger partial charge in [0, 0.05) is 17.1 Å². The first-order valence-corrected chi connectivity index (χ1v) is 13.7. The number of hydrogen-bond donors (Lipinski definition) is 1. The Morgan fingerprint density at radius 1 is 0.821 bits per heavy atom. The van der Waals surface area contributed by atoms with Crippen LogP contribution in [0.2, 0.25) is 0 Å². The van der Waals surface area contributed by atoms with Gasteiger partial charge in [0.05, 0.1) is 16.0 Å². The molecule has 0 unspecified atom stereocenters. The van der Waals surface area contributed by atoms with E-state index in [1.807, 2.05) is 0 Å². The predicted molar refractivity (Wildman–Crippen MR) is 130 cm³/mol. The van der Waals surface area contributed by atoms with Crippen LogP contribution in [-0.4, -0.2) is 34.0 Å².